The van der Waals surface area contributed by atoms with Crippen LogP contribution in [0.2, 0.25) is 8.67 Å². The summed E-state index contributed by atoms with van der Waals surface area (Å²) in [6.07, 6.45) is 0. The van der Waals surface area contributed by atoms with Gasteiger partial charge in [-0.2, -0.15) is 11.8 Å². The average molecular weight is 298 g/mol. The molecule has 16 heavy (non-hydrogen) atoms. The molecule has 1 aromatic heterocycles. The second-order valence-electron chi connectivity index (χ2n) is 3.43. The van der Waals surface area contributed by atoms with Crippen molar-refractivity contribution >= 4 is 52.3 Å². The molecule has 2 rings (SSSR count). The highest BCUT2D eigenvalue weighted by molar-refractivity contribution is 7.99. The lowest BCUT2D eigenvalue weighted by Crippen LogP contribution is -2.45. The third-order valence-electron chi connectivity index (χ3n) is 2.33. The summed E-state index contributed by atoms with van der Waals surface area (Å²) in [7, 11) is 0. The number of carboxylic acids is 1. The first-order valence-electron chi connectivity index (χ1n) is 4.59. The van der Waals surface area contributed by atoms with Crippen LogP contribution in [0.15, 0.2) is 6.07 Å². The molecule has 0 bridgehead atoms. The first kappa shape index (κ1) is 12.5. The van der Waals surface area contributed by atoms with Crippen molar-refractivity contribution in [1.82, 2.24) is 5.32 Å². The second kappa shape index (κ2) is 5.14. The van der Waals surface area contributed by atoms with Crippen LogP contribution in [0.5, 0.6) is 0 Å². The van der Waals surface area contributed by atoms with Crippen LogP contribution >= 0.6 is 46.3 Å². The van der Waals surface area contributed by atoms with Crippen LogP contribution in [-0.4, -0.2) is 28.6 Å². The molecular weight excluding hydrogens is 289 g/mol. The lowest BCUT2D eigenvalue weighted by Gasteiger charge is -2.28. The van der Waals surface area contributed by atoms with Gasteiger partial charge in [0.1, 0.15) is 6.04 Å². The maximum absolute atomic E-state index is 10.9. The summed E-state index contributed by atoms with van der Waals surface area (Å²) in [6.45, 7) is 0. The minimum Gasteiger partial charge on any atom is -0.480 e. The molecule has 7 heteroatoms. The van der Waals surface area contributed by atoms with Crippen molar-refractivity contribution in [2.75, 3.05) is 11.5 Å². The van der Waals surface area contributed by atoms with E-state index in [-0.39, 0.29) is 6.04 Å². The molecule has 2 N–H and O–H groups in total. The van der Waals surface area contributed by atoms with Gasteiger partial charge in [0.25, 0.3) is 0 Å². The van der Waals surface area contributed by atoms with Gasteiger partial charge in [-0.05, 0) is 6.07 Å². The van der Waals surface area contributed by atoms with Crippen LogP contribution in [0.4, 0.5) is 0 Å². The highest BCUT2D eigenvalue weighted by atomic mass is 35.5. The van der Waals surface area contributed by atoms with Gasteiger partial charge in [0.05, 0.1) is 8.67 Å². The van der Waals surface area contributed by atoms with Gasteiger partial charge in [0.15, 0.2) is 0 Å². The average Bonchev–Trinajstić information content (AvgIpc) is 2.58. The summed E-state index contributed by atoms with van der Waals surface area (Å²) in [4.78, 5) is 10.9. The Labute approximate surface area is 111 Å². The topological polar surface area (TPSA) is 49.3 Å². The van der Waals surface area contributed by atoms with Crippen molar-refractivity contribution in [2.45, 2.75) is 12.1 Å². The first-order chi connectivity index (χ1) is 7.58. The van der Waals surface area contributed by atoms with Crippen molar-refractivity contribution in [3.8, 4) is 0 Å². The van der Waals surface area contributed by atoms with E-state index in [0.29, 0.717) is 14.4 Å². The standard InChI is InChI=1S/C9H9Cl2NO2S2/c10-7-1-4(8(11)16-7)5-2-15-3-6(12-5)9(13)14/h1,5-6,12H,2-3H2,(H,13,14). The van der Waals surface area contributed by atoms with Crippen LogP contribution in [0.1, 0.15) is 11.6 Å². The van der Waals surface area contributed by atoms with Crippen LogP contribution in [0.25, 0.3) is 0 Å². The molecule has 1 aliphatic rings. The van der Waals surface area contributed by atoms with Gasteiger partial charge < -0.3 is 5.11 Å². The van der Waals surface area contributed by atoms with E-state index in [9.17, 15) is 4.79 Å². The molecule has 3 nitrogen and oxygen atoms in total. The molecule has 0 aliphatic carbocycles. The van der Waals surface area contributed by atoms with Gasteiger partial charge >= 0.3 is 5.97 Å². The Morgan fingerprint density at radius 1 is 1.50 bits per heavy atom. The molecular formula is C9H9Cl2NO2S2. The molecule has 2 unspecified atom stereocenters. The number of carbonyl (C=O) groups is 1. The van der Waals surface area contributed by atoms with Gasteiger partial charge in [0, 0.05) is 23.1 Å². The SMILES string of the molecule is O=C(O)C1CSCC(c2cc(Cl)sc2Cl)N1. The Hall–Kier alpha value is 0.0600. The van der Waals surface area contributed by atoms with Crippen molar-refractivity contribution in [3.05, 3.63) is 20.3 Å². The van der Waals surface area contributed by atoms with E-state index in [1.54, 1.807) is 17.8 Å². The summed E-state index contributed by atoms with van der Waals surface area (Å²) >= 11 is 14.8. The van der Waals surface area contributed by atoms with E-state index in [4.69, 9.17) is 28.3 Å². The van der Waals surface area contributed by atoms with Crippen molar-refractivity contribution in [1.29, 1.82) is 0 Å². The van der Waals surface area contributed by atoms with E-state index < -0.39 is 12.0 Å². The summed E-state index contributed by atoms with van der Waals surface area (Å²) in [5.74, 6) is 0.576. The fourth-order valence-corrected chi connectivity index (χ4v) is 4.26. The fourth-order valence-electron chi connectivity index (χ4n) is 1.56. The molecule has 1 saturated heterocycles. The molecule has 0 spiro atoms. The lowest BCUT2D eigenvalue weighted by atomic mass is 10.1. The smallest absolute Gasteiger partial charge is 0.321 e. The Morgan fingerprint density at radius 3 is 2.81 bits per heavy atom. The van der Waals surface area contributed by atoms with Gasteiger partial charge in [-0.25, -0.2) is 0 Å². The summed E-state index contributed by atoms with van der Waals surface area (Å²) in [5, 5.41) is 12.0. The van der Waals surface area contributed by atoms with Gasteiger partial charge in [-0.3, -0.25) is 10.1 Å². The molecule has 88 valence electrons. The van der Waals surface area contributed by atoms with Crippen LogP contribution in [-0.2, 0) is 4.79 Å². The van der Waals surface area contributed by atoms with E-state index >= 15 is 0 Å². The van der Waals surface area contributed by atoms with Gasteiger partial charge in [-0.15, -0.1) is 11.3 Å². The highest BCUT2D eigenvalue weighted by Crippen LogP contribution is 2.37. The van der Waals surface area contributed by atoms with Crippen LogP contribution in [0, 0.1) is 0 Å². The van der Waals surface area contributed by atoms with Crippen LogP contribution in [0.3, 0.4) is 0 Å². The first-order valence-corrected chi connectivity index (χ1v) is 7.32. The number of halogens is 2. The number of carboxylic acid groups (broad SMARTS) is 1. The van der Waals surface area contributed by atoms with E-state index in [0.717, 1.165) is 11.3 Å². The normalized spacial score (nSPS) is 25.6. The molecule has 2 heterocycles. The van der Waals surface area contributed by atoms with Crippen molar-refractivity contribution in [3.63, 3.8) is 0 Å². The zero-order valence-corrected chi connectivity index (χ0v) is 11.2. The minimum absolute atomic E-state index is 0.0314. The third-order valence-corrected chi connectivity index (χ3v) is 4.98. The molecule has 1 aromatic rings. The molecule has 0 radical (unpaired) electrons. The zero-order valence-electron chi connectivity index (χ0n) is 8.07. The third kappa shape index (κ3) is 2.65. The fraction of sp³-hybridized carbons (Fsp3) is 0.444. The summed E-state index contributed by atoms with van der Waals surface area (Å²) < 4.78 is 1.26. The predicted molar refractivity (Wildman–Crippen MR) is 69.0 cm³/mol. The van der Waals surface area contributed by atoms with Crippen molar-refractivity contribution < 1.29 is 9.90 Å². The maximum atomic E-state index is 10.9. The largest absolute Gasteiger partial charge is 0.480 e. The van der Waals surface area contributed by atoms with Gasteiger partial charge in [-0.1, -0.05) is 23.2 Å². The number of thiophene rings is 1. The van der Waals surface area contributed by atoms with Crippen molar-refractivity contribution in [2.24, 2.45) is 0 Å². The number of aliphatic carboxylic acids is 1. The Bertz CT molecular complexity index is 410. The maximum Gasteiger partial charge on any atom is 0.321 e. The Kier molecular flexibility index (Phi) is 4.02. The Morgan fingerprint density at radius 2 is 2.25 bits per heavy atom. The molecule has 1 fully saturated rings. The van der Waals surface area contributed by atoms with E-state index in [1.165, 1.54) is 11.3 Å². The molecule has 1 aliphatic heterocycles. The molecule has 0 saturated carbocycles. The predicted octanol–water partition coefficient (Wildman–Crippen LogP) is 2.89. The second-order valence-corrected chi connectivity index (χ2v) is 6.79. The minimum atomic E-state index is -0.824. The quantitative estimate of drug-likeness (QED) is 0.881. The van der Waals surface area contributed by atoms with Crippen LogP contribution < -0.4 is 5.32 Å². The zero-order chi connectivity index (χ0) is 11.7. The Balaban J connectivity index is 2.15. The van der Waals surface area contributed by atoms with Gasteiger partial charge in [0.2, 0.25) is 0 Å². The highest BCUT2D eigenvalue weighted by Gasteiger charge is 2.29. The van der Waals surface area contributed by atoms with E-state index in [2.05, 4.69) is 5.32 Å². The lowest BCUT2D eigenvalue weighted by molar-refractivity contribution is -0.139. The number of hydrogen-bond donors (Lipinski definition) is 2. The monoisotopic (exact) mass is 297 g/mol. The van der Waals surface area contributed by atoms with E-state index in [1.807, 2.05) is 0 Å². The molecule has 2 atom stereocenters. The number of rotatable bonds is 2. The number of nitrogens with one attached hydrogen (secondary N) is 1. The summed E-state index contributed by atoms with van der Waals surface area (Å²) in [5.41, 5.74) is 0.898. The number of hydrogen-bond acceptors (Lipinski definition) is 4. The number of thioether (sulfide) groups is 1. The summed E-state index contributed by atoms with van der Waals surface area (Å²) in [6, 6.07) is 1.26. The molecule has 0 aromatic carbocycles. The molecule has 0 amide bonds.